The molecule has 0 amide bonds. The van der Waals surface area contributed by atoms with E-state index in [0.717, 1.165) is 0 Å². The number of aromatic nitrogens is 1. The van der Waals surface area contributed by atoms with Crippen LogP contribution in [0.1, 0.15) is 11.7 Å². The first-order valence-corrected chi connectivity index (χ1v) is 4.74. The highest BCUT2D eigenvalue weighted by atomic mass is 19.3. The SMILES string of the molecule is COc1ccc2[nH]cc(C(O)C(F)F)c2c1. The maximum Gasteiger partial charge on any atom is 0.268 e. The molecule has 86 valence electrons. The minimum atomic E-state index is -2.80. The van der Waals surface area contributed by atoms with Crippen molar-refractivity contribution >= 4 is 10.9 Å². The molecule has 1 heterocycles. The van der Waals surface area contributed by atoms with Gasteiger partial charge in [0.15, 0.2) is 0 Å². The summed E-state index contributed by atoms with van der Waals surface area (Å²) >= 11 is 0. The van der Waals surface area contributed by atoms with Crippen LogP contribution in [-0.2, 0) is 0 Å². The van der Waals surface area contributed by atoms with Crippen molar-refractivity contribution in [2.24, 2.45) is 0 Å². The Labute approximate surface area is 90.7 Å². The molecule has 0 aliphatic carbocycles. The van der Waals surface area contributed by atoms with Crippen LogP contribution in [0.3, 0.4) is 0 Å². The van der Waals surface area contributed by atoms with E-state index in [2.05, 4.69) is 4.98 Å². The Morgan fingerprint density at radius 1 is 1.38 bits per heavy atom. The molecule has 0 saturated heterocycles. The summed E-state index contributed by atoms with van der Waals surface area (Å²) < 4.78 is 29.8. The zero-order valence-corrected chi connectivity index (χ0v) is 8.58. The van der Waals surface area contributed by atoms with E-state index in [-0.39, 0.29) is 5.56 Å². The van der Waals surface area contributed by atoms with Crippen molar-refractivity contribution in [2.75, 3.05) is 7.11 Å². The van der Waals surface area contributed by atoms with Crippen molar-refractivity contribution in [1.29, 1.82) is 0 Å². The van der Waals surface area contributed by atoms with Gasteiger partial charge in [0, 0.05) is 22.7 Å². The van der Waals surface area contributed by atoms with Gasteiger partial charge in [0.2, 0.25) is 0 Å². The minimum absolute atomic E-state index is 0.184. The van der Waals surface area contributed by atoms with Crippen molar-refractivity contribution < 1.29 is 18.6 Å². The number of aliphatic hydroxyl groups is 1. The molecule has 0 saturated carbocycles. The fourth-order valence-corrected chi connectivity index (χ4v) is 1.63. The van der Waals surface area contributed by atoms with E-state index in [1.165, 1.54) is 13.3 Å². The number of methoxy groups -OCH3 is 1. The predicted octanol–water partition coefficient (Wildman–Crippen LogP) is 2.47. The number of hydrogen-bond acceptors (Lipinski definition) is 2. The molecule has 1 aromatic heterocycles. The van der Waals surface area contributed by atoms with Crippen LogP contribution in [-0.4, -0.2) is 23.6 Å². The molecule has 0 aliphatic rings. The molecular formula is C11H11F2NO2. The summed E-state index contributed by atoms with van der Waals surface area (Å²) in [6, 6.07) is 5.06. The number of fused-ring (bicyclic) bond motifs is 1. The van der Waals surface area contributed by atoms with Crippen molar-refractivity contribution in [3.63, 3.8) is 0 Å². The topological polar surface area (TPSA) is 45.2 Å². The Morgan fingerprint density at radius 3 is 2.75 bits per heavy atom. The van der Waals surface area contributed by atoms with Gasteiger partial charge in [0.1, 0.15) is 11.9 Å². The highest BCUT2D eigenvalue weighted by Crippen LogP contribution is 2.30. The lowest BCUT2D eigenvalue weighted by molar-refractivity contribution is -0.00495. The summed E-state index contributed by atoms with van der Waals surface area (Å²) in [6.45, 7) is 0. The number of H-pyrrole nitrogens is 1. The fourth-order valence-electron chi connectivity index (χ4n) is 1.63. The molecule has 16 heavy (non-hydrogen) atoms. The van der Waals surface area contributed by atoms with Crippen LogP contribution >= 0.6 is 0 Å². The van der Waals surface area contributed by atoms with Crippen LogP contribution in [0.5, 0.6) is 5.75 Å². The molecule has 1 aromatic carbocycles. The van der Waals surface area contributed by atoms with E-state index in [1.54, 1.807) is 18.2 Å². The number of hydrogen-bond donors (Lipinski definition) is 2. The Hall–Kier alpha value is -1.62. The average molecular weight is 227 g/mol. The van der Waals surface area contributed by atoms with Gasteiger partial charge in [0.05, 0.1) is 7.11 Å². The van der Waals surface area contributed by atoms with E-state index >= 15 is 0 Å². The zero-order chi connectivity index (χ0) is 11.7. The quantitative estimate of drug-likeness (QED) is 0.846. The largest absolute Gasteiger partial charge is 0.497 e. The summed E-state index contributed by atoms with van der Waals surface area (Å²) in [5.41, 5.74) is 0.874. The van der Waals surface area contributed by atoms with Gasteiger partial charge in [-0.25, -0.2) is 8.78 Å². The summed E-state index contributed by atoms with van der Waals surface area (Å²) in [7, 11) is 1.50. The summed E-state index contributed by atoms with van der Waals surface area (Å²) in [5, 5.41) is 9.89. The van der Waals surface area contributed by atoms with Crippen molar-refractivity contribution in [1.82, 2.24) is 4.98 Å². The van der Waals surface area contributed by atoms with Gasteiger partial charge in [0.25, 0.3) is 6.43 Å². The molecule has 0 aliphatic heterocycles. The van der Waals surface area contributed by atoms with Gasteiger partial charge in [-0.15, -0.1) is 0 Å². The second-order valence-corrected chi connectivity index (χ2v) is 3.43. The summed E-state index contributed by atoms with van der Waals surface area (Å²) in [5.74, 6) is 0.565. The first kappa shape index (κ1) is 10.9. The monoisotopic (exact) mass is 227 g/mol. The number of ether oxygens (including phenoxy) is 1. The number of rotatable bonds is 3. The van der Waals surface area contributed by atoms with Crippen molar-refractivity contribution in [3.8, 4) is 5.75 Å². The molecule has 0 bridgehead atoms. The van der Waals surface area contributed by atoms with Crippen LogP contribution in [0.15, 0.2) is 24.4 Å². The first-order valence-electron chi connectivity index (χ1n) is 4.74. The van der Waals surface area contributed by atoms with Crippen LogP contribution in [0.4, 0.5) is 8.78 Å². The van der Waals surface area contributed by atoms with E-state index < -0.39 is 12.5 Å². The smallest absolute Gasteiger partial charge is 0.268 e. The second kappa shape index (κ2) is 4.09. The van der Waals surface area contributed by atoms with Gasteiger partial charge >= 0.3 is 0 Å². The Bertz CT molecular complexity index is 496. The third-order valence-electron chi connectivity index (χ3n) is 2.48. The molecule has 2 rings (SSSR count). The van der Waals surface area contributed by atoms with Gasteiger partial charge in [-0.1, -0.05) is 0 Å². The number of aromatic amines is 1. The number of nitrogens with one attached hydrogen (secondary N) is 1. The fraction of sp³-hybridized carbons (Fsp3) is 0.273. The van der Waals surface area contributed by atoms with Crippen molar-refractivity contribution in [3.05, 3.63) is 30.0 Å². The average Bonchev–Trinajstić information content (AvgIpc) is 2.70. The first-order chi connectivity index (χ1) is 7.63. The van der Waals surface area contributed by atoms with Crippen molar-refractivity contribution in [2.45, 2.75) is 12.5 Å². The molecule has 1 unspecified atom stereocenters. The minimum Gasteiger partial charge on any atom is -0.497 e. The van der Waals surface area contributed by atoms with E-state index in [1.807, 2.05) is 0 Å². The Morgan fingerprint density at radius 2 is 2.12 bits per heavy atom. The second-order valence-electron chi connectivity index (χ2n) is 3.43. The maximum absolute atomic E-state index is 12.4. The summed E-state index contributed by atoms with van der Waals surface area (Å²) in [4.78, 5) is 2.83. The molecular weight excluding hydrogens is 216 g/mol. The summed E-state index contributed by atoms with van der Waals surface area (Å²) in [6.07, 6.45) is -3.19. The van der Waals surface area contributed by atoms with Gasteiger partial charge < -0.3 is 14.8 Å². The molecule has 0 radical (unpaired) electrons. The normalized spacial score (nSPS) is 13.3. The Kier molecular flexibility index (Phi) is 2.78. The lowest BCUT2D eigenvalue weighted by atomic mass is 10.1. The standard InChI is InChI=1S/C11H11F2NO2/c1-16-6-2-3-9-7(4-6)8(5-14-9)10(15)11(12)13/h2-5,10-11,14-15H,1H3. The third-order valence-corrected chi connectivity index (χ3v) is 2.48. The van der Waals surface area contributed by atoms with Gasteiger partial charge in [-0.2, -0.15) is 0 Å². The molecule has 0 fully saturated rings. The van der Waals surface area contributed by atoms with Crippen LogP contribution in [0.2, 0.25) is 0 Å². The predicted molar refractivity (Wildman–Crippen MR) is 55.8 cm³/mol. The molecule has 3 nitrogen and oxygen atoms in total. The molecule has 2 aromatic rings. The third kappa shape index (κ3) is 1.74. The maximum atomic E-state index is 12.4. The van der Waals surface area contributed by atoms with E-state index in [9.17, 15) is 13.9 Å². The number of benzene rings is 1. The lowest BCUT2D eigenvalue weighted by Crippen LogP contribution is -2.07. The molecule has 5 heteroatoms. The molecule has 0 spiro atoms. The highest BCUT2D eigenvalue weighted by Gasteiger charge is 2.22. The van der Waals surface area contributed by atoms with Gasteiger partial charge in [-0.05, 0) is 18.2 Å². The number of aliphatic hydroxyl groups excluding tert-OH is 1. The highest BCUT2D eigenvalue weighted by molar-refractivity contribution is 5.85. The number of alkyl halides is 2. The van der Waals surface area contributed by atoms with Gasteiger partial charge in [-0.3, -0.25) is 0 Å². The lowest BCUT2D eigenvalue weighted by Gasteiger charge is -2.08. The van der Waals surface area contributed by atoms with E-state index in [4.69, 9.17) is 4.74 Å². The van der Waals surface area contributed by atoms with Crippen LogP contribution < -0.4 is 4.74 Å². The number of halogens is 2. The van der Waals surface area contributed by atoms with E-state index in [0.29, 0.717) is 16.7 Å². The molecule has 2 N–H and O–H groups in total. The van der Waals surface area contributed by atoms with Crippen LogP contribution in [0, 0.1) is 0 Å². The zero-order valence-electron chi connectivity index (χ0n) is 8.58. The van der Waals surface area contributed by atoms with Crippen LogP contribution in [0.25, 0.3) is 10.9 Å². The Balaban J connectivity index is 2.53. The molecule has 1 atom stereocenters.